The van der Waals surface area contributed by atoms with Gasteiger partial charge in [-0.2, -0.15) is 38.1 Å². The molecule has 218 valence electrons. The summed E-state index contributed by atoms with van der Waals surface area (Å²) in [6.45, 7) is 0.553. The molecule has 2 aromatic carbocycles. The minimum Gasteiger partial charge on any atom is -0.341 e. The Labute approximate surface area is 236 Å². The number of thioether (sulfide) groups is 1. The highest BCUT2D eigenvalue weighted by Gasteiger charge is 2.68. The van der Waals surface area contributed by atoms with Crippen molar-refractivity contribution in [3.05, 3.63) is 64.7 Å². The monoisotopic (exact) mass is 603 g/mol. The Morgan fingerprint density at radius 1 is 0.950 bits per heavy atom. The Morgan fingerprint density at radius 2 is 1.57 bits per heavy atom. The molecule has 40 heavy (non-hydrogen) atoms. The summed E-state index contributed by atoms with van der Waals surface area (Å²) in [5, 5.41) is 0. The van der Waals surface area contributed by atoms with Crippen molar-refractivity contribution >= 4 is 28.5 Å². The second kappa shape index (κ2) is 10.7. The first-order chi connectivity index (χ1) is 18.8. The van der Waals surface area contributed by atoms with Crippen LogP contribution in [0.3, 0.4) is 0 Å². The molecule has 1 aliphatic carbocycles. The van der Waals surface area contributed by atoms with Crippen LogP contribution in [0.4, 0.5) is 26.3 Å². The molecular formula is C29H31F6NO2S2. The van der Waals surface area contributed by atoms with Gasteiger partial charge in [-0.3, -0.25) is 9.00 Å². The minimum absolute atomic E-state index is 0.0218. The lowest BCUT2D eigenvalue weighted by atomic mass is 9.80. The molecule has 2 fully saturated rings. The number of nitrogens with zero attached hydrogens (tertiary/aromatic N) is 1. The summed E-state index contributed by atoms with van der Waals surface area (Å²) in [7, 11) is -1.71. The number of likely N-dealkylation sites (tertiary alicyclic amines) is 1. The molecule has 0 N–H and O–H groups in total. The molecule has 1 amide bonds. The smallest absolute Gasteiger partial charge is 0.341 e. The van der Waals surface area contributed by atoms with Crippen LogP contribution in [0, 0.1) is 5.92 Å². The van der Waals surface area contributed by atoms with Gasteiger partial charge in [-0.15, -0.1) is 0 Å². The Kier molecular flexibility index (Phi) is 7.87. The predicted octanol–water partition coefficient (Wildman–Crippen LogP) is 6.94. The molecule has 5 rings (SSSR count). The number of rotatable bonds is 5. The van der Waals surface area contributed by atoms with Crippen molar-refractivity contribution in [2.75, 3.05) is 24.6 Å². The van der Waals surface area contributed by atoms with Gasteiger partial charge in [0.2, 0.25) is 5.91 Å². The lowest BCUT2D eigenvalue weighted by Crippen LogP contribution is -2.51. The van der Waals surface area contributed by atoms with E-state index in [1.165, 1.54) is 17.7 Å². The Bertz CT molecular complexity index is 1270. The first-order valence-corrected chi connectivity index (χ1v) is 15.7. The number of aryl methyl sites for hydroxylation is 2. The molecule has 2 atom stereocenters. The zero-order valence-electron chi connectivity index (χ0n) is 22.0. The van der Waals surface area contributed by atoms with Gasteiger partial charge >= 0.3 is 12.4 Å². The fourth-order valence-corrected chi connectivity index (χ4v) is 9.05. The summed E-state index contributed by atoms with van der Waals surface area (Å²) in [6, 6.07) is 9.82. The van der Waals surface area contributed by atoms with Crippen molar-refractivity contribution in [2.24, 2.45) is 5.92 Å². The highest BCUT2D eigenvalue weighted by Crippen LogP contribution is 2.52. The Balaban J connectivity index is 1.53. The largest absolute Gasteiger partial charge is 0.406 e. The number of alkyl halides is 6. The predicted molar refractivity (Wildman–Crippen MR) is 144 cm³/mol. The van der Waals surface area contributed by atoms with E-state index in [1.54, 1.807) is 22.7 Å². The highest BCUT2D eigenvalue weighted by atomic mass is 32.2. The van der Waals surface area contributed by atoms with Crippen molar-refractivity contribution in [1.29, 1.82) is 0 Å². The zero-order chi connectivity index (χ0) is 28.9. The maximum atomic E-state index is 14.3. The van der Waals surface area contributed by atoms with Crippen LogP contribution in [0.2, 0.25) is 0 Å². The number of hydrogen-bond donors (Lipinski definition) is 0. The van der Waals surface area contributed by atoms with Gasteiger partial charge in [-0.25, -0.2) is 0 Å². The van der Waals surface area contributed by atoms with Gasteiger partial charge < -0.3 is 4.90 Å². The molecule has 2 aliphatic heterocycles. The summed E-state index contributed by atoms with van der Waals surface area (Å²) in [4.78, 5) is 15.7. The number of carbonyl (C=O) groups is 1. The van der Waals surface area contributed by atoms with Crippen molar-refractivity contribution in [2.45, 2.75) is 72.9 Å². The molecule has 2 unspecified atom stereocenters. The van der Waals surface area contributed by atoms with E-state index in [1.807, 2.05) is 12.1 Å². The van der Waals surface area contributed by atoms with Crippen molar-refractivity contribution in [1.82, 2.24) is 4.90 Å². The number of carbonyl (C=O) groups excluding carboxylic acids is 1. The average molecular weight is 604 g/mol. The molecule has 11 heteroatoms. The van der Waals surface area contributed by atoms with Crippen molar-refractivity contribution in [3.8, 4) is 0 Å². The number of amides is 1. The van der Waals surface area contributed by atoms with Gasteiger partial charge in [0.05, 0.1) is 15.5 Å². The van der Waals surface area contributed by atoms with Crippen LogP contribution in [0.25, 0.3) is 0 Å². The molecule has 0 aromatic heterocycles. The summed E-state index contributed by atoms with van der Waals surface area (Å²) in [5.41, 5.74) is -2.32. The number of hydrogen-bond acceptors (Lipinski definition) is 3. The maximum absolute atomic E-state index is 14.3. The molecule has 0 radical (unpaired) electrons. The molecule has 2 aromatic rings. The second-order valence-electron chi connectivity index (χ2n) is 11.1. The second-order valence-corrected chi connectivity index (χ2v) is 14.2. The SMILES string of the molecule is CC(c1ccc(C2(S(=O)c3ccc4c(c3)CCC4)CCN(C(=O)C3CCSCC3)C2)cc1)(C(F)(F)F)C(F)(F)F. The van der Waals surface area contributed by atoms with Crippen LogP contribution >= 0.6 is 11.8 Å². The zero-order valence-corrected chi connectivity index (χ0v) is 23.7. The first-order valence-electron chi connectivity index (χ1n) is 13.4. The van der Waals surface area contributed by atoms with E-state index < -0.39 is 38.9 Å². The van der Waals surface area contributed by atoms with Gasteiger partial charge in [0.25, 0.3) is 0 Å². The third kappa shape index (κ3) is 4.99. The third-order valence-electron chi connectivity index (χ3n) is 8.88. The van der Waals surface area contributed by atoms with Crippen LogP contribution in [0.5, 0.6) is 0 Å². The molecular weight excluding hydrogens is 572 g/mol. The van der Waals surface area contributed by atoms with Gasteiger partial charge in [0.1, 0.15) is 0 Å². The minimum atomic E-state index is -5.56. The topological polar surface area (TPSA) is 37.4 Å². The number of fused-ring (bicyclic) bond motifs is 1. The molecule has 0 bridgehead atoms. The highest BCUT2D eigenvalue weighted by molar-refractivity contribution is 7.99. The summed E-state index contributed by atoms with van der Waals surface area (Å²) in [5.74, 6) is 1.61. The normalized spacial score (nSPS) is 23.3. The van der Waals surface area contributed by atoms with Gasteiger partial charge in [-0.05, 0) is 91.3 Å². The van der Waals surface area contributed by atoms with E-state index in [0.717, 1.165) is 61.3 Å². The standard InChI is InChI=1S/C29H31F6NO2S2/c1-26(28(30,31)32,29(33,34)35)22-6-8-23(9-7-22)27(40(38)24-10-5-19-3-2-4-21(19)17-24)13-14-36(18-27)25(37)20-11-15-39-16-12-20/h5-10,17,20H,2-4,11-16,18H2,1H3. The van der Waals surface area contributed by atoms with E-state index in [0.29, 0.717) is 23.4 Å². The van der Waals surface area contributed by atoms with Crippen LogP contribution < -0.4 is 0 Å². The van der Waals surface area contributed by atoms with Crippen molar-refractivity contribution in [3.63, 3.8) is 0 Å². The van der Waals surface area contributed by atoms with Crippen LogP contribution in [0.15, 0.2) is 47.4 Å². The van der Waals surface area contributed by atoms with E-state index in [-0.39, 0.29) is 25.3 Å². The number of halogens is 6. The summed E-state index contributed by atoms with van der Waals surface area (Å²) < 4.78 is 95.5. The molecule has 0 spiro atoms. The molecule has 2 saturated heterocycles. The third-order valence-corrected chi connectivity index (χ3v) is 11.9. The van der Waals surface area contributed by atoms with Crippen LogP contribution in [0.1, 0.15) is 54.9 Å². The number of benzene rings is 2. The Hall–Kier alpha value is -2.01. The van der Waals surface area contributed by atoms with Gasteiger partial charge in [-0.1, -0.05) is 30.3 Å². The average Bonchev–Trinajstić information content (AvgIpc) is 3.59. The lowest BCUT2D eigenvalue weighted by Gasteiger charge is -2.35. The fourth-order valence-electron chi connectivity index (χ4n) is 6.15. The van der Waals surface area contributed by atoms with Crippen molar-refractivity contribution < 1.29 is 35.3 Å². The first kappa shape index (κ1) is 29.5. The van der Waals surface area contributed by atoms with E-state index in [4.69, 9.17) is 0 Å². The van der Waals surface area contributed by atoms with Gasteiger partial charge in [0, 0.05) is 23.9 Å². The van der Waals surface area contributed by atoms with Crippen LogP contribution in [-0.4, -0.2) is 52.0 Å². The van der Waals surface area contributed by atoms with Crippen LogP contribution in [-0.2, 0) is 38.6 Å². The summed E-state index contributed by atoms with van der Waals surface area (Å²) >= 11 is 1.79. The van der Waals surface area contributed by atoms with Gasteiger partial charge in [0.15, 0.2) is 5.41 Å². The molecule has 0 saturated carbocycles. The fraction of sp³-hybridized carbons (Fsp3) is 0.552. The van der Waals surface area contributed by atoms with E-state index >= 15 is 0 Å². The van der Waals surface area contributed by atoms with E-state index in [2.05, 4.69) is 0 Å². The maximum Gasteiger partial charge on any atom is 0.406 e. The molecule has 3 nitrogen and oxygen atoms in total. The molecule has 2 heterocycles. The molecule has 3 aliphatic rings. The lowest BCUT2D eigenvalue weighted by molar-refractivity contribution is -0.297. The summed E-state index contributed by atoms with van der Waals surface area (Å²) in [6.07, 6.45) is -6.53. The Morgan fingerprint density at radius 3 is 2.20 bits per heavy atom. The quantitative estimate of drug-likeness (QED) is 0.348. The van der Waals surface area contributed by atoms with E-state index in [9.17, 15) is 35.3 Å².